The van der Waals surface area contributed by atoms with Gasteiger partial charge >= 0.3 is 0 Å². The van der Waals surface area contributed by atoms with Crippen molar-refractivity contribution in [1.82, 2.24) is 10.2 Å². The van der Waals surface area contributed by atoms with E-state index in [4.69, 9.17) is 14.2 Å². The molecule has 1 aliphatic heterocycles. The topological polar surface area (TPSA) is 103 Å². The molecule has 1 amide bonds. The fraction of sp³-hybridized carbons (Fsp3) is 0.320. The second kappa shape index (κ2) is 10.5. The number of nitrogens with zero attached hydrogens (tertiary/aromatic N) is 2. The van der Waals surface area contributed by atoms with E-state index in [9.17, 15) is 14.9 Å². The second-order valence-corrected chi connectivity index (χ2v) is 7.92. The van der Waals surface area contributed by atoms with Crippen molar-refractivity contribution in [3.63, 3.8) is 0 Å². The molecule has 1 N–H and O–H groups in total. The third-order valence-electron chi connectivity index (χ3n) is 6.07. The van der Waals surface area contributed by atoms with E-state index < -0.39 is 10.8 Å². The highest BCUT2D eigenvalue weighted by Gasteiger charge is 2.28. The monoisotopic (exact) mass is 465 g/mol. The molecule has 0 aromatic heterocycles. The van der Waals surface area contributed by atoms with Gasteiger partial charge in [0.15, 0.2) is 11.5 Å². The van der Waals surface area contributed by atoms with Crippen molar-refractivity contribution in [2.45, 2.75) is 6.04 Å². The fourth-order valence-electron chi connectivity index (χ4n) is 4.35. The molecule has 1 fully saturated rings. The number of nitro benzene ring substituents is 1. The number of rotatable bonds is 8. The number of amides is 1. The van der Waals surface area contributed by atoms with Gasteiger partial charge < -0.3 is 19.5 Å². The number of nitrogens with one attached hydrogen (secondary N) is 1. The van der Waals surface area contributed by atoms with Crippen LogP contribution in [0.4, 0.5) is 5.69 Å². The summed E-state index contributed by atoms with van der Waals surface area (Å²) < 4.78 is 15.9. The maximum absolute atomic E-state index is 13.2. The van der Waals surface area contributed by atoms with Gasteiger partial charge in [0.1, 0.15) is 5.56 Å². The van der Waals surface area contributed by atoms with Gasteiger partial charge in [-0.3, -0.25) is 19.8 Å². The van der Waals surface area contributed by atoms with Crippen LogP contribution >= 0.6 is 0 Å². The van der Waals surface area contributed by atoms with E-state index >= 15 is 0 Å². The first-order chi connectivity index (χ1) is 16.5. The number of methoxy groups -OCH3 is 2. The lowest BCUT2D eigenvalue weighted by Gasteiger charge is -2.35. The standard InChI is InChI=1S/C25H27N3O6/c1-32-23-14-20(21(28(30)31)15-24(23)33-2)25(29)26-16-22(27-10-12-34-13-11-27)19-9-5-7-17-6-3-4-8-18(17)19/h3-9,14-15,22H,10-13,16H2,1-2H3,(H,26,29)/t22-/m0/s1. The number of hydrogen-bond acceptors (Lipinski definition) is 7. The van der Waals surface area contributed by atoms with E-state index in [1.165, 1.54) is 26.4 Å². The molecule has 3 aromatic carbocycles. The van der Waals surface area contributed by atoms with Crippen LogP contribution in [-0.4, -0.2) is 62.8 Å². The first-order valence-electron chi connectivity index (χ1n) is 11.0. The van der Waals surface area contributed by atoms with Crippen LogP contribution in [0.3, 0.4) is 0 Å². The highest BCUT2D eigenvalue weighted by atomic mass is 16.6. The van der Waals surface area contributed by atoms with Crippen molar-refractivity contribution in [1.29, 1.82) is 0 Å². The molecule has 4 rings (SSSR count). The molecule has 9 nitrogen and oxygen atoms in total. The quantitative estimate of drug-likeness (QED) is 0.401. The Morgan fingerprint density at radius 1 is 1.09 bits per heavy atom. The molecule has 0 saturated carbocycles. The highest BCUT2D eigenvalue weighted by molar-refractivity contribution is 5.99. The van der Waals surface area contributed by atoms with Gasteiger partial charge in [-0.2, -0.15) is 0 Å². The molecule has 178 valence electrons. The van der Waals surface area contributed by atoms with Gasteiger partial charge in [-0.15, -0.1) is 0 Å². The van der Waals surface area contributed by atoms with Crippen LogP contribution in [0, 0.1) is 10.1 Å². The van der Waals surface area contributed by atoms with E-state index in [-0.39, 0.29) is 35.3 Å². The number of carbonyl (C=O) groups excluding carboxylic acids is 1. The van der Waals surface area contributed by atoms with Crippen molar-refractivity contribution in [2.75, 3.05) is 47.1 Å². The molecule has 9 heteroatoms. The molecule has 1 atom stereocenters. The summed E-state index contributed by atoms with van der Waals surface area (Å²) in [4.78, 5) is 26.5. The van der Waals surface area contributed by atoms with Crippen LogP contribution in [0.2, 0.25) is 0 Å². The zero-order chi connectivity index (χ0) is 24.1. The minimum Gasteiger partial charge on any atom is -0.493 e. The Balaban J connectivity index is 1.66. The van der Waals surface area contributed by atoms with E-state index in [2.05, 4.69) is 34.5 Å². The van der Waals surface area contributed by atoms with Crippen LogP contribution in [0.5, 0.6) is 11.5 Å². The van der Waals surface area contributed by atoms with Crippen molar-refractivity contribution in [2.24, 2.45) is 0 Å². The average Bonchev–Trinajstić information content (AvgIpc) is 2.88. The predicted molar refractivity (Wildman–Crippen MR) is 128 cm³/mol. The summed E-state index contributed by atoms with van der Waals surface area (Å²) >= 11 is 0. The second-order valence-electron chi connectivity index (χ2n) is 7.92. The van der Waals surface area contributed by atoms with E-state index in [0.29, 0.717) is 13.2 Å². The molecule has 34 heavy (non-hydrogen) atoms. The molecule has 3 aromatic rings. The largest absolute Gasteiger partial charge is 0.493 e. The van der Waals surface area contributed by atoms with Crippen LogP contribution in [-0.2, 0) is 4.74 Å². The minimum atomic E-state index is -0.596. The van der Waals surface area contributed by atoms with Gasteiger partial charge in [0.25, 0.3) is 11.6 Å². The summed E-state index contributed by atoms with van der Waals surface area (Å²) in [5, 5.41) is 16.8. The van der Waals surface area contributed by atoms with Crippen LogP contribution in [0.1, 0.15) is 22.0 Å². The molecule has 0 aliphatic carbocycles. The van der Waals surface area contributed by atoms with Crippen molar-refractivity contribution < 1.29 is 23.9 Å². The zero-order valence-corrected chi connectivity index (χ0v) is 19.2. The molecule has 0 radical (unpaired) electrons. The number of benzene rings is 3. The van der Waals surface area contributed by atoms with Gasteiger partial charge in [-0.05, 0) is 16.3 Å². The number of ether oxygens (including phenoxy) is 3. The number of fused-ring (bicyclic) bond motifs is 1. The molecule has 0 spiro atoms. The Kier molecular flexibility index (Phi) is 7.24. The average molecular weight is 466 g/mol. The number of morpholine rings is 1. The summed E-state index contributed by atoms with van der Waals surface area (Å²) in [6.45, 7) is 2.94. The SMILES string of the molecule is COc1cc(C(=O)NC[C@@H](c2cccc3ccccc23)N2CCOCC2)c([N+](=O)[O-])cc1OC. The van der Waals surface area contributed by atoms with Gasteiger partial charge in [-0.1, -0.05) is 42.5 Å². The smallest absolute Gasteiger partial charge is 0.286 e. The summed E-state index contributed by atoms with van der Waals surface area (Å²) in [7, 11) is 2.80. The van der Waals surface area contributed by atoms with Crippen LogP contribution < -0.4 is 14.8 Å². The third kappa shape index (κ3) is 4.80. The Morgan fingerprint density at radius 2 is 1.76 bits per heavy atom. The van der Waals surface area contributed by atoms with Gasteiger partial charge in [0.2, 0.25) is 0 Å². The predicted octanol–water partition coefficient (Wildman–Crippen LogP) is 3.57. The third-order valence-corrected chi connectivity index (χ3v) is 6.07. The van der Waals surface area contributed by atoms with E-state index in [0.717, 1.165) is 29.4 Å². The Hall–Kier alpha value is -3.69. The lowest BCUT2D eigenvalue weighted by atomic mass is 9.97. The minimum absolute atomic E-state index is 0.0821. The maximum atomic E-state index is 13.2. The molecule has 1 aliphatic rings. The maximum Gasteiger partial charge on any atom is 0.286 e. The summed E-state index contributed by atoms with van der Waals surface area (Å²) in [5.41, 5.74) is 0.659. The highest BCUT2D eigenvalue weighted by Crippen LogP contribution is 2.35. The molecule has 1 saturated heterocycles. The van der Waals surface area contributed by atoms with Crippen molar-refractivity contribution in [3.8, 4) is 11.5 Å². The van der Waals surface area contributed by atoms with Crippen molar-refractivity contribution >= 4 is 22.4 Å². The number of nitro groups is 1. The van der Waals surface area contributed by atoms with E-state index in [1.54, 1.807) is 0 Å². The first kappa shape index (κ1) is 23.5. The lowest BCUT2D eigenvalue weighted by molar-refractivity contribution is -0.385. The fourth-order valence-corrected chi connectivity index (χ4v) is 4.35. The van der Waals surface area contributed by atoms with E-state index in [1.807, 2.05) is 18.2 Å². The molecule has 0 unspecified atom stereocenters. The molecular weight excluding hydrogens is 438 g/mol. The first-order valence-corrected chi connectivity index (χ1v) is 11.0. The molecular formula is C25H27N3O6. The summed E-state index contributed by atoms with van der Waals surface area (Å²) in [5.74, 6) is -0.115. The van der Waals surface area contributed by atoms with Gasteiger partial charge in [-0.25, -0.2) is 0 Å². The van der Waals surface area contributed by atoms with Gasteiger partial charge in [0, 0.05) is 25.7 Å². The zero-order valence-electron chi connectivity index (χ0n) is 19.2. The Bertz CT molecular complexity index is 1190. The van der Waals surface area contributed by atoms with Crippen LogP contribution in [0.15, 0.2) is 54.6 Å². The summed E-state index contributed by atoms with van der Waals surface area (Å²) in [6.07, 6.45) is 0. The normalized spacial score (nSPS) is 15.0. The number of hydrogen-bond donors (Lipinski definition) is 1. The van der Waals surface area contributed by atoms with Crippen molar-refractivity contribution in [3.05, 3.63) is 75.8 Å². The number of carbonyl (C=O) groups is 1. The Morgan fingerprint density at radius 3 is 2.47 bits per heavy atom. The van der Waals surface area contributed by atoms with Gasteiger partial charge in [0.05, 0.1) is 44.5 Å². The molecule has 0 bridgehead atoms. The van der Waals surface area contributed by atoms with Crippen LogP contribution in [0.25, 0.3) is 10.8 Å². The Labute approximate surface area is 197 Å². The lowest BCUT2D eigenvalue weighted by Crippen LogP contribution is -2.44. The summed E-state index contributed by atoms with van der Waals surface area (Å²) in [6, 6.07) is 16.7. The molecule has 1 heterocycles.